The predicted molar refractivity (Wildman–Crippen MR) is 84.8 cm³/mol. The van der Waals surface area contributed by atoms with Gasteiger partial charge in [0.05, 0.1) is 0 Å². The highest BCUT2D eigenvalue weighted by atomic mass is 16.5. The molecule has 0 aliphatic heterocycles. The summed E-state index contributed by atoms with van der Waals surface area (Å²) in [7, 11) is 0. The molecule has 2 rings (SSSR count). The Morgan fingerprint density at radius 2 is 1.68 bits per heavy atom. The Labute approximate surface area is 130 Å². The number of Topliss-reactive ketones (excluding diaryl/α,β-unsaturated/α-hetero) is 1. The van der Waals surface area contributed by atoms with E-state index in [0.29, 0.717) is 30.9 Å². The van der Waals surface area contributed by atoms with E-state index >= 15 is 0 Å². The average molecular weight is 297 g/mol. The maximum absolute atomic E-state index is 11.9. The second kappa shape index (κ2) is 7.98. The molecule has 0 unspecified atom stereocenters. The summed E-state index contributed by atoms with van der Waals surface area (Å²) in [5, 5.41) is 2.71. The van der Waals surface area contributed by atoms with Gasteiger partial charge in [-0.15, -0.1) is 0 Å². The van der Waals surface area contributed by atoms with Gasteiger partial charge in [0.1, 0.15) is 18.1 Å². The molecule has 0 aliphatic carbocycles. The lowest BCUT2D eigenvalue weighted by Crippen LogP contribution is -2.25. The van der Waals surface area contributed by atoms with Crippen molar-refractivity contribution < 1.29 is 14.3 Å². The van der Waals surface area contributed by atoms with Crippen LogP contribution >= 0.6 is 0 Å². The van der Waals surface area contributed by atoms with Crippen LogP contribution in [0.2, 0.25) is 0 Å². The maximum atomic E-state index is 11.9. The van der Waals surface area contributed by atoms with Gasteiger partial charge >= 0.3 is 0 Å². The summed E-state index contributed by atoms with van der Waals surface area (Å²) in [6.07, 6.45) is 0.351. The minimum Gasteiger partial charge on any atom is -0.489 e. The summed E-state index contributed by atoms with van der Waals surface area (Å²) in [5.41, 5.74) is 1.64. The van der Waals surface area contributed by atoms with Gasteiger partial charge in [0.2, 0.25) is 0 Å². The third kappa shape index (κ3) is 5.05. The molecule has 2 aromatic rings. The van der Waals surface area contributed by atoms with E-state index in [1.54, 1.807) is 24.3 Å². The van der Waals surface area contributed by atoms with Crippen molar-refractivity contribution in [2.45, 2.75) is 20.0 Å². The van der Waals surface area contributed by atoms with Crippen molar-refractivity contribution in [3.8, 4) is 5.75 Å². The number of benzene rings is 2. The third-order valence-corrected chi connectivity index (χ3v) is 3.13. The first kappa shape index (κ1) is 15.8. The zero-order valence-electron chi connectivity index (χ0n) is 12.5. The third-order valence-electron chi connectivity index (χ3n) is 3.13. The van der Waals surface area contributed by atoms with Crippen LogP contribution in [0.3, 0.4) is 0 Å². The molecule has 0 spiro atoms. The molecule has 0 atom stereocenters. The van der Waals surface area contributed by atoms with Crippen LogP contribution in [0.25, 0.3) is 0 Å². The van der Waals surface area contributed by atoms with Gasteiger partial charge in [-0.3, -0.25) is 9.59 Å². The number of hydrogen-bond acceptors (Lipinski definition) is 3. The van der Waals surface area contributed by atoms with Crippen molar-refractivity contribution in [1.82, 2.24) is 5.32 Å². The molecule has 0 radical (unpaired) electrons. The van der Waals surface area contributed by atoms with Crippen LogP contribution in [-0.4, -0.2) is 18.2 Å². The van der Waals surface area contributed by atoms with E-state index in [1.165, 1.54) is 6.92 Å². The van der Waals surface area contributed by atoms with Crippen LogP contribution in [0.1, 0.15) is 29.3 Å². The van der Waals surface area contributed by atoms with Crippen molar-refractivity contribution in [2.24, 2.45) is 0 Å². The van der Waals surface area contributed by atoms with Gasteiger partial charge in [-0.25, -0.2) is 0 Å². The van der Waals surface area contributed by atoms with Crippen LogP contribution in [0.4, 0.5) is 0 Å². The number of nitrogens with one attached hydrogen (secondary N) is 1. The second-order valence-electron chi connectivity index (χ2n) is 5.01. The van der Waals surface area contributed by atoms with Crippen LogP contribution in [-0.2, 0) is 11.4 Å². The first-order chi connectivity index (χ1) is 10.6. The van der Waals surface area contributed by atoms with Crippen molar-refractivity contribution in [1.29, 1.82) is 0 Å². The fourth-order valence-corrected chi connectivity index (χ4v) is 1.90. The molecule has 1 amide bonds. The minimum absolute atomic E-state index is 0.0601. The van der Waals surface area contributed by atoms with Gasteiger partial charge in [-0.1, -0.05) is 30.3 Å². The maximum Gasteiger partial charge on any atom is 0.251 e. The smallest absolute Gasteiger partial charge is 0.251 e. The van der Waals surface area contributed by atoms with Crippen molar-refractivity contribution in [3.05, 3.63) is 65.7 Å². The predicted octanol–water partition coefficient (Wildman–Crippen LogP) is 2.97. The molecule has 4 nitrogen and oxygen atoms in total. The van der Waals surface area contributed by atoms with E-state index in [-0.39, 0.29) is 11.7 Å². The van der Waals surface area contributed by atoms with E-state index in [0.717, 1.165) is 5.56 Å². The quantitative estimate of drug-likeness (QED) is 0.855. The lowest BCUT2D eigenvalue weighted by Gasteiger charge is -2.08. The summed E-state index contributed by atoms with van der Waals surface area (Å²) in [6, 6.07) is 16.8. The Kier molecular flexibility index (Phi) is 5.72. The fraction of sp³-hybridized carbons (Fsp3) is 0.222. The van der Waals surface area contributed by atoms with Crippen molar-refractivity contribution in [2.75, 3.05) is 6.54 Å². The lowest BCUT2D eigenvalue weighted by molar-refractivity contribution is -0.116. The number of ether oxygens (including phenoxy) is 1. The Hall–Kier alpha value is -2.62. The van der Waals surface area contributed by atoms with Gasteiger partial charge in [-0.05, 0) is 36.8 Å². The Morgan fingerprint density at radius 3 is 2.32 bits per heavy atom. The number of hydrogen-bond donors (Lipinski definition) is 1. The summed E-state index contributed by atoms with van der Waals surface area (Å²) in [6.45, 7) is 2.36. The van der Waals surface area contributed by atoms with E-state index in [4.69, 9.17) is 4.74 Å². The number of carbonyl (C=O) groups excluding carboxylic acids is 2. The standard InChI is InChI=1S/C18H19NO3/c1-14(20)11-12-19-18(21)16-7-9-17(10-8-16)22-13-15-5-3-2-4-6-15/h2-10H,11-13H2,1H3,(H,19,21). The summed E-state index contributed by atoms with van der Waals surface area (Å²) >= 11 is 0. The molecule has 1 N–H and O–H groups in total. The minimum atomic E-state index is -0.184. The Bertz CT molecular complexity index is 621. The van der Waals surface area contributed by atoms with Gasteiger partial charge < -0.3 is 10.1 Å². The monoisotopic (exact) mass is 297 g/mol. The van der Waals surface area contributed by atoms with Gasteiger partial charge in [0, 0.05) is 18.5 Å². The van der Waals surface area contributed by atoms with Crippen LogP contribution < -0.4 is 10.1 Å². The molecular formula is C18H19NO3. The average Bonchev–Trinajstić information content (AvgIpc) is 2.54. The second-order valence-corrected chi connectivity index (χ2v) is 5.01. The van der Waals surface area contributed by atoms with Crippen LogP contribution in [0.15, 0.2) is 54.6 Å². The topological polar surface area (TPSA) is 55.4 Å². The molecule has 0 aliphatic rings. The number of amides is 1. The Balaban J connectivity index is 1.84. The highest BCUT2D eigenvalue weighted by molar-refractivity contribution is 5.94. The summed E-state index contributed by atoms with van der Waals surface area (Å²) < 4.78 is 5.66. The summed E-state index contributed by atoms with van der Waals surface area (Å²) in [5.74, 6) is 0.588. The Morgan fingerprint density at radius 1 is 1.00 bits per heavy atom. The molecule has 22 heavy (non-hydrogen) atoms. The SMILES string of the molecule is CC(=O)CCNC(=O)c1ccc(OCc2ccccc2)cc1. The first-order valence-corrected chi connectivity index (χ1v) is 7.19. The molecule has 4 heteroatoms. The molecule has 0 aromatic heterocycles. The highest BCUT2D eigenvalue weighted by Gasteiger charge is 2.05. The molecule has 0 saturated heterocycles. The zero-order valence-corrected chi connectivity index (χ0v) is 12.5. The summed E-state index contributed by atoms with van der Waals surface area (Å²) in [4.78, 5) is 22.7. The first-order valence-electron chi connectivity index (χ1n) is 7.19. The normalized spacial score (nSPS) is 10.0. The van der Waals surface area contributed by atoms with E-state index in [9.17, 15) is 9.59 Å². The van der Waals surface area contributed by atoms with Crippen LogP contribution in [0.5, 0.6) is 5.75 Å². The van der Waals surface area contributed by atoms with Crippen molar-refractivity contribution >= 4 is 11.7 Å². The van der Waals surface area contributed by atoms with Gasteiger partial charge in [-0.2, -0.15) is 0 Å². The molecule has 114 valence electrons. The lowest BCUT2D eigenvalue weighted by atomic mass is 10.2. The number of carbonyl (C=O) groups is 2. The van der Waals surface area contributed by atoms with Crippen LogP contribution in [0, 0.1) is 0 Å². The molecular weight excluding hydrogens is 278 g/mol. The van der Waals surface area contributed by atoms with Gasteiger partial charge in [0.25, 0.3) is 5.91 Å². The molecule has 0 saturated carbocycles. The van der Waals surface area contributed by atoms with Gasteiger partial charge in [0.15, 0.2) is 0 Å². The van der Waals surface area contributed by atoms with E-state index in [1.807, 2.05) is 30.3 Å². The molecule has 0 heterocycles. The zero-order chi connectivity index (χ0) is 15.8. The fourth-order valence-electron chi connectivity index (χ4n) is 1.90. The van der Waals surface area contributed by atoms with E-state index in [2.05, 4.69) is 5.32 Å². The largest absolute Gasteiger partial charge is 0.489 e. The molecule has 2 aromatic carbocycles. The molecule has 0 fully saturated rings. The molecule has 0 bridgehead atoms. The number of rotatable bonds is 7. The highest BCUT2D eigenvalue weighted by Crippen LogP contribution is 2.14. The van der Waals surface area contributed by atoms with Crippen molar-refractivity contribution in [3.63, 3.8) is 0 Å². The number of ketones is 1. The van der Waals surface area contributed by atoms with E-state index < -0.39 is 0 Å².